The average molecular weight is 241 g/mol. The topological polar surface area (TPSA) is 38.3 Å². The van der Waals surface area contributed by atoms with Gasteiger partial charge in [0.15, 0.2) is 0 Å². The van der Waals surface area contributed by atoms with Crippen LogP contribution in [0.25, 0.3) is 0 Å². The molecule has 0 aliphatic rings. The van der Waals surface area contributed by atoms with Gasteiger partial charge >= 0.3 is 5.97 Å². The quantitative estimate of drug-likeness (QED) is 0.776. The van der Waals surface area contributed by atoms with Crippen molar-refractivity contribution in [1.82, 2.24) is 5.32 Å². The Bertz CT molecular complexity index is 311. The van der Waals surface area contributed by atoms with Crippen molar-refractivity contribution in [2.75, 3.05) is 7.11 Å². The molecule has 1 aromatic rings. The first-order valence-corrected chi connectivity index (χ1v) is 6.35. The van der Waals surface area contributed by atoms with E-state index in [0.29, 0.717) is 12.5 Å². The molecule has 1 N–H and O–H groups in total. The van der Waals surface area contributed by atoms with Crippen LogP contribution >= 0.6 is 11.3 Å². The summed E-state index contributed by atoms with van der Waals surface area (Å²) in [5, 5.41) is 5.47. The van der Waals surface area contributed by atoms with Crippen molar-refractivity contribution < 1.29 is 9.53 Å². The van der Waals surface area contributed by atoms with Gasteiger partial charge in [-0.2, -0.15) is 0 Å². The molecule has 0 saturated heterocycles. The predicted octanol–water partition coefficient (Wildman–Crippen LogP) is 2.22. The second kappa shape index (κ2) is 6.66. The molecule has 1 aromatic heterocycles. The first-order chi connectivity index (χ1) is 7.61. The van der Waals surface area contributed by atoms with Crippen molar-refractivity contribution in [3.05, 3.63) is 22.4 Å². The van der Waals surface area contributed by atoms with Crippen molar-refractivity contribution in [2.45, 2.75) is 38.8 Å². The minimum atomic E-state index is -0.164. The van der Waals surface area contributed by atoms with Crippen LogP contribution in [0.5, 0.6) is 0 Å². The molecule has 0 spiro atoms. The number of carbonyl (C=O) groups is 1. The predicted molar refractivity (Wildman–Crippen MR) is 66.7 cm³/mol. The Hall–Kier alpha value is -0.870. The highest BCUT2D eigenvalue weighted by atomic mass is 32.1. The van der Waals surface area contributed by atoms with Gasteiger partial charge in [0.25, 0.3) is 0 Å². The van der Waals surface area contributed by atoms with E-state index in [-0.39, 0.29) is 12.0 Å². The van der Waals surface area contributed by atoms with Crippen LogP contribution in [0.15, 0.2) is 17.5 Å². The van der Waals surface area contributed by atoms with Gasteiger partial charge in [-0.15, -0.1) is 11.3 Å². The van der Waals surface area contributed by atoms with Crippen molar-refractivity contribution in [3.63, 3.8) is 0 Å². The highest BCUT2D eigenvalue weighted by molar-refractivity contribution is 7.09. The SMILES string of the molecule is COC(=O)CC(C)NC(C)Cc1cccs1. The first kappa shape index (κ1) is 13.2. The van der Waals surface area contributed by atoms with E-state index in [1.165, 1.54) is 12.0 Å². The maximum absolute atomic E-state index is 11.1. The Kier molecular flexibility index (Phi) is 5.49. The van der Waals surface area contributed by atoms with E-state index in [2.05, 4.69) is 34.5 Å². The minimum Gasteiger partial charge on any atom is -0.469 e. The van der Waals surface area contributed by atoms with E-state index < -0.39 is 0 Å². The molecule has 2 atom stereocenters. The summed E-state index contributed by atoms with van der Waals surface area (Å²) in [4.78, 5) is 12.4. The molecule has 3 nitrogen and oxygen atoms in total. The summed E-state index contributed by atoms with van der Waals surface area (Å²) in [6.45, 7) is 4.13. The summed E-state index contributed by atoms with van der Waals surface area (Å²) >= 11 is 1.77. The van der Waals surface area contributed by atoms with Crippen LogP contribution in [0.4, 0.5) is 0 Å². The van der Waals surface area contributed by atoms with Gasteiger partial charge in [-0.3, -0.25) is 4.79 Å². The Labute approximate surface area is 101 Å². The summed E-state index contributed by atoms with van der Waals surface area (Å²) in [7, 11) is 1.42. The van der Waals surface area contributed by atoms with Gasteiger partial charge in [0.1, 0.15) is 0 Å². The lowest BCUT2D eigenvalue weighted by Crippen LogP contribution is -2.37. The summed E-state index contributed by atoms with van der Waals surface area (Å²) < 4.78 is 4.63. The highest BCUT2D eigenvalue weighted by Gasteiger charge is 2.12. The average Bonchev–Trinajstić information content (AvgIpc) is 2.69. The molecular formula is C12H19NO2S. The lowest BCUT2D eigenvalue weighted by Gasteiger charge is -2.18. The van der Waals surface area contributed by atoms with Crippen molar-refractivity contribution in [2.24, 2.45) is 0 Å². The zero-order valence-electron chi connectivity index (χ0n) is 10.0. The molecule has 0 aromatic carbocycles. The minimum absolute atomic E-state index is 0.155. The number of ether oxygens (including phenoxy) is 1. The summed E-state index contributed by atoms with van der Waals surface area (Å²) in [6, 6.07) is 4.72. The first-order valence-electron chi connectivity index (χ1n) is 5.47. The van der Waals surface area contributed by atoms with E-state index in [0.717, 1.165) is 6.42 Å². The lowest BCUT2D eigenvalue weighted by molar-refractivity contribution is -0.141. The molecule has 0 amide bonds. The molecule has 0 bridgehead atoms. The molecule has 16 heavy (non-hydrogen) atoms. The molecule has 0 aliphatic carbocycles. The van der Waals surface area contributed by atoms with E-state index in [4.69, 9.17) is 0 Å². The van der Waals surface area contributed by atoms with Gasteiger partial charge in [-0.05, 0) is 31.7 Å². The van der Waals surface area contributed by atoms with Gasteiger partial charge in [0, 0.05) is 17.0 Å². The number of nitrogens with one attached hydrogen (secondary N) is 1. The standard InChI is InChI=1S/C12H19NO2S/c1-9(7-11-5-4-6-16-11)13-10(2)8-12(14)15-3/h4-6,9-10,13H,7-8H2,1-3H3. The molecule has 0 aliphatic heterocycles. The molecule has 90 valence electrons. The zero-order valence-corrected chi connectivity index (χ0v) is 10.8. The molecule has 1 heterocycles. The number of carbonyl (C=O) groups excluding carboxylic acids is 1. The van der Waals surface area contributed by atoms with E-state index in [1.807, 2.05) is 6.92 Å². The Morgan fingerprint density at radius 2 is 2.25 bits per heavy atom. The van der Waals surface area contributed by atoms with Crippen LogP contribution in [0.1, 0.15) is 25.1 Å². The largest absolute Gasteiger partial charge is 0.469 e. The second-order valence-corrected chi connectivity index (χ2v) is 5.06. The van der Waals surface area contributed by atoms with E-state index >= 15 is 0 Å². The Balaban J connectivity index is 2.28. The van der Waals surface area contributed by atoms with Crippen molar-refractivity contribution >= 4 is 17.3 Å². The number of thiophene rings is 1. The fourth-order valence-corrected chi connectivity index (χ4v) is 2.50. The summed E-state index contributed by atoms with van der Waals surface area (Å²) in [5.41, 5.74) is 0. The third kappa shape index (κ3) is 4.77. The zero-order chi connectivity index (χ0) is 12.0. The molecular weight excluding hydrogens is 222 g/mol. The fraction of sp³-hybridized carbons (Fsp3) is 0.583. The van der Waals surface area contributed by atoms with Gasteiger partial charge < -0.3 is 10.1 Å². The number of hydrogen-bond acceptors (Lipinski definition) is 4. The van der Waals surface area contributed by atoms with Crippen LogP contribution in [-0.4, -0.2) is 25.2 Å². The smallest absolute Gasteiger partial charge is 0.307 e. The van der Waals surface area contributed by atoms with Crippen LogP contribution in [0.2, 0.25) is 0 Å². The maximum Gasteiger partial charge on any atom is 0.307 e. The normalized spacial score (nSPS) is 14.4. The van der Waals surface area contributed by atoms with Gasteiger partial charge in [0.2, 0.25) is 0 Å². The Morgan fingerprint density at radius 3 is 2.81 bits per heavy atom. The Morgan fingerprint density at radius 1 is 1.50 bits per heavy atom. The number of methoxy groups -OCH3 is 1. The molecule has 0 fully saturated rings. The third-order valence-electron chi connectivity index (χ3n) is 2.36. The van der Waals surface area contributed by atoms with Crippen molar-refractivity contribution in [3.8, 4) is 0 Å². The third-order valence-corrected chi connectivity index (χ3v) is 3.26. The van der Waals surface area contributed by atoms with Gasteiger partial charge in [0.05, 0.1) is 13.5 Å². The highest BCUT2D eigenvalue weighted by Crippen LogP contribution is 2.11. The monoisotopic (exact) mass is 241 g/mol. The number of rotatable bonds is 6. The fourth-order valence-electron chi connectivity index (χ4n) is 1.67. The molecule has 0 radical (unpaired) electrons. The second-order valence-electron chi connectivity index (χ2n) is 4.03. The number of esters is 1. The van der Waals surface area contributed by atoms with E-state index in [1.54, 1.807) is 11.3 Å². The maximum atomic E-state index is 11.1. The van der Waals surface area contributed by atoms with Crippen LogP contribution < -0.4 is 5.32 Å². The van der Waals surface area contributed by atoms with Gasteiger partial charge in [-0.25, -0.2) is 0 Å². The summed E-state index contributed by atoms with van der Waals surface area (Å²) in [5.74, 6) is -0.164. The van der Waals surface area contributed by atoms with E-state index in [9.17, 15) is 4.79 Å². The molecule has 2 unspecified atom stereocenters. The van der Waals surface area contributed by atoms with Crippen LogP contribution in [0.3, 0.4) is 0 Å². The molecule has 1 rings (SSSR count). The van der Waals surface area contributed by atoms with Crippen LogP contribution in [-0.2, 0) is 16.0 Å². The van der Waals surface area contributed by atoms with Gasteiger partial charge in [-0.1, -0.05) is 6.07 Å². The van der Waals surface area contributed by atoms with Crippen molar-refractivity contribution in [1.29, 1.82) is 0 Å². The van der Waals surface area contributed by atoms with Crippen LogP contribution in [0, 0.1) is 0 Å². The number of hydrogen-bond donors (Lipinski definition) is 1. The molecule has 4 heteroatoms. The lowest BCUT2D eigenvalue weighted by atomic mass is 10.1. The molecule has 0 saturated carbocycles. The summed E-state index contributed by atoms with van der Waals surface area (Å²) in [6.07, 6.45) is 1.43.